The van der Waals surface area contributed by atoms with Gasteiger partial charge in [-0.25, -0.2) is 4.98 Å². The van der Waals surface area contributed by atoms with E-state index >= 15 is 0 Å². The Balaban J connectivity index is 1.42. The van der Waals surface area contributed by atoms with Gasteiger partial charge in [-0.3, -0.25) is 14.5 Å². The summed E-state index contributed by atoms with van der Waals surface area (Å²) in [6.07, 6.45) is 1.51. The molecular weight excluding hydrogens is 463 g/mol. The van der Waals surface area contributed by atoms with Crippen LogP contribution in [0.25, 0.3) is 0 Å². The number of thiazole rings is 1. The maximum absolute atomic E-state index is 12.3. The summed E-state index contributed by atoms with van der Waals surface area (Å²) in [7, 11) is 0. The number of amides is 2. The van der Waals surface area contributed by atoms with Crippen LogP contribution < -0.4 is 10.6 Å². The van der Waals surface area contributed by atoms with Gasteiger partial charge in [0, 0.05) is 20.6 Å². The number of carbonyl (C=O) groups is 2. The van der Waals surface area contributed by atoms with Crippen molar-refractivity contribution in [3.05, 3.63) is 38.9 Å². The van der Waals surface area contributed by atoms with Crippen molar-refractivity contribution in [2.24, 2.45) is 5.92 Å². The molecule has 2 aromatic rings. The number of halogens is 1. The average Bonchev–Trinajstić information content (AvgIpc) is 3.02. The zero-order valence-electron chi connectivity index (χ0n) is 14.5. The third-order valence-electron chi connectivity index (χ3n) is 4.30. The number of aromatic nitrogens is 1. The first-order valence-corrected chi connectivity index (χ1v) is 10.5. The summed E-state index contributed by atoms with van der Waals surface area (Å²) in [5.74, 6) is -0.00979. The minimum atomic E-state index is -0.0210. The highest BCUT2D eigenvalue weighted by atomic mass is 127. The van der Waals surface area contributed by atoms with Crippen LogP contribution in [0, 0.1) is 16.4 Å². The molecule has 0 unspecified atom stereocenters. The van der Waals surface area contributed by atoms with E-state index < -0.39 is 0 Å². The van der Waals surface area contributed by atoms with Crippen LogP contribution in [0.1, 0.15) is 18.5 Å². The molecule has 1 aromatic carbocycles. The third-order valence-corrected chi connectivity index (χ3v) is 5.90. The fourth-order valence-electron chi connectivity index (χ4n) is 2.91. The largest absolute Gasteiger partial charge is 0.325 e. The number of rotatable bonds is 5. The second-order valence-corrected chi connectivity index (χ2v) is 8.49. The second kappa shape index (κ2) is 8.92. The van der Waals surface area contributed by atoms with Crippen LogP contribution >= 0.6 is 33.9 Å². The maximum atomic E-state index is 12.3. The summed E-state index contributed by atoms with van der Waals surface area (Å²) in [5, 5.41) is 8.39. The molecule has 8 heteroatoms. The molecule has 2 amide bonds. The van der Waals surface area contributed by atoms with Gasteiger partial charge in [-0.2, -0.15) is 0 Å². The van der Waals surface area contributed by atoms with Gasteiger partial charge in [0.1, 0.15) is 0 Å². The van der Waals surface area contributed by atoms with E-state index in [9.17, 15) is 9.59 Å². The highest BCUT2D eigenvalue weighted by Gasteiger charge is 2.26. The van der Waals surface area contributed by atoms with Gasteiger partial charge in [0.2, 0.25) is 11.8 Å². The van der Waals surface area contributed by atoms with E-state index in [-0.39, 0.29) is 17.7 Å². The van der Waals surface area contributed by atoms with E-state index in [1.807, 2.05) is 36.6 Å². The Kier molecular flexibility index (Phi) is 6.60. The lowest BCUT2D eigenvalue weighted by Gasteiger charge is -2.30. The lowest BCUT2D eigenvalue weighted by atomic mass is 9.96. The predicted octanol–water partition coefficient (Wildman–Crippen LogP) is 3.35. The second-order valence-electron chi connectivity index (χ2n) is 6.39. The number of nitrogens with one attached hydrogen (secondary N) is 2. The minimum Gasteiger partial charge on any atom is -0.325 e. The maximum Gasteiger partial charge on any atom is 0.238 e. The van der Waals surface area contributed by atoms with Crippen LogP contribution in [-0.2, 0) is 9.59 Å². The molecule has 0 radical (unpaired) electrons. The number of anilines is 2. The summed E-state index contributed by atoms with van der Waals surface area (Å²) >= 11 is 3.68. The fraction of sp³-hybridized carbons (Fsp3) is 0.389. The van der Waals surface area contributed by atoms with E-state index in [1.165, 1.54) is 11.3 Å². The van der Waals surface area contributed by atoms with Crippen molar-refractivity contribution in [2.45, 2.75) is 19.8 Å². The molecule has 0 spiro atoms. The Bertz CT molecular complexity index is 770. The van der Waals surface area contributed by atoms with Crippen LogP contribution in [0.3, 0.4) is 0 Å². The van der Waals surface area contributed by atoms with Crippen molar-refractivity contribution in [2.75, 3.05) is 30.3 Å². The van der Waals surface area contributed by atoms with Gasteiger partial charge in [-0.15, -0.1) is 11.3 Å². The number of hydrogen-bond donors (Lipinski definition) is 2. The summed E-state index contributed by atoms with van der Waals surface area (Å²) in [6, 6.07) is 7.72. The lowest BCUT2D eigenvalue weighted by molar-refractivity contribution is -0.121. The summed E-state index contributed by atoms with van der Waals surface area (Å²) in [5.41, 5.74) is 1.72. The fourth-order valence-corrected chi connectivity index (χ4v) is 3.96. The highest BCUT2D eigenvalue weighted by molar-refractivity contribution is 14.1. The van der Waals surface area contributed by atoms with Crippen molar-refractivity contribution >= 4 is 56.6 Å². The van der Waals surface area contributed by atoms with Crippen molar-refractivity contribution in [1.29, 1.82) is 0 Å². The molecule has 1 aliphatic rings. The average molecular weight is 484 g/mol. The Labute approximate surface area is 170 Å². The van der Waals surface area contributed by atoms with E-state index in [0.29, 0.717) is 11.7 Å². The van der Waals surface area contributed by atoms with E-state index in [0.717, 1.165) is 40.9 Å². The van der Waals surface area contributed by atoms with Crippen LogP contribution in [-0.4, -0.2) is 41.3 Å². The molecule has 26 heavy (non-hydrogen) atoms. The molecule has 3 rings (SSSR count). The topological polar surface area (TPSA) is 74.3 Å². The standard InChI is InChI=1S/C18H21IN4O2S/c1-12-11-26-18(20-12)22-17(25)13-6-8-23(9-7-13)10-16(24)21-15-4-2-14(19)3-5-15/h2-5,11,13H,6-10H2,1H3,(H,21,24)(H,20,22,25). The van der Waals surface area contributed by atoms with E-state index in [2.05, 4.69) is 43.1 Å². The molecule has 1 aliphatic heterocycles. The Hall–Kier alpha value is -1.52. The first-order chi connectivity index (χ1) is 12.5. The van der Waals surface area contributed by atoms with Gasteiger partial charge in [-0.05, 0) is 79.7 Å². The smallest absolute Gasteiger partial charge is 0.238 e. The van der Waals surface area contributed by atoms with Gasteiger partial charge in [-0.1, -0.05) is 0 Å². The van der Waals surface area contributed by atoms with Gasteiger partial charge in [0.05, 0.1) is 12.2 Å². The molecule has 0 saturated carbocycles. The molecule has 0 atom stereocenters. The number of carbonyl (C=O) groups excluding carboxylic acids is 2. The van der Waals surface area contributed by atoms with Crippen LogP contribution in [0.2, 0.25) is 0 Å². The van der Waals surface area contributed by atoms with E-state index in [1.54, 1.807) is 0 Å². The first-order valence-electron chi connectivity index (χ1n) is 8.50. The Morgan fingerprint density at radius 1 is 1.23 bits per heavy atom. The molecule has 2 heterocycles. The molecule has 6 nitrogen and oxygen atoms in total. The third kappa shape index (κ3) is 5.49. The normalized spacial score (nSPS) is 15.6. The van der Waals surface area contributed by atoms with Crippen LogP contribution in [0.15, 0.2) is 29.6 Å². The summed E-state index contributed by atoms with van der Waals surface area (Å²) < 4.78 is 1.13. The number of hydrogen-bond acceptors (Lipinski definition) is 5. The number of nitrogens with zero attached hydrogens (tertiary/aromatic N) is 2. The molecule has 0 aliphatic carbocycles. The number of likely N-dealkylation sites (tertiary alicyclic amines) is 1. The lowest BCUT2D eigenvalue weighted by Crippen LogP contribution is -2.41. The quantitative estimate of drug-likeness (QED) is 0.639. The molecule has 1 fully saturated rings. The monoisotopic (exact) mass is 484 g/mol. The number of benzene rings is 1. The van der Waals surface area contributed by atoms with Crippen LogP contribution in [0.4, 0.5) is 10.8 Å². The van der Waals surface area contributed by atoms with Crippen molar-refractivity contribution in [3.8, 4) is 0 Å². The van der Waals surface area contributed by atoms with Gasteiger partial charge in [0.15, 0.2) is 5.13 Å². The number of aryl methyl sites for hydroxylation is 1. The molecule has 2 N–H and O–H groups in total. The predicted molar refractivity (Wildman–Crippen MR) is 112 cm³/mol. The van der Waals surface area contributed by atoms with Gasteiger partial charge >= 0.3 is 0 Å². The molecule has 0 bridgehead atoms. The molecule has 1 saturated heterocycles. The molecule has 1 aromatic heterocycles. The summed E-state index contributed by atoms with van der Waals surface area (Å²) in [6.45, 7) is 3.75. The first kappa shape index (κ1) is 19.2. The van der Waals surface area contributed by atoms with Gasteiger partial charge in [0.25, 0.3) is 0 Å². The zero-order chi connectivity index (χ0) is 18.5. The van der Waals surface area contributed by atoms with Crippen molar-refractivity contribution < 1.29 is 9.59 Å². The summed E-state index contributed by atoms with van der Waals surface area (Å²) in [4.78, 5) is 30.9. The van der Waals surface area contributed by atoms with Crippen molar-refractivity contribution in [3.63, 3.8) is 0 Å². The highest BCUT2D eigenvalue weighted by Crippen LogP contribution is 2.21. The van der Waals surface area contributed by atoms with Gasteiger partial charge < -0.3 is 10.6 Å². The molecular formula is C18H21IN4O2S. The minimum absolute atomic E-state index is 0.0188. The Morgan fingerprint density at radius 3 is 2.54 bits per heavy atom. The number of piperidine rings is 1. The van der Waals surface area contributed by atoms with Crippen LogP contribution in [0.5, 0.6) is 0 Å². The SMILES string of the molecule is Cc1csc(NC(=O)C2CCN(CC(=O)Nc3ccc(I)cc3)CC2)n1. The van der Waals surface area contributed by atoms with Crippen molar-refractivity contribution in [1.82, 2.24) is 9.88 Å². The molecule has 138 valence electrons. The Morgan fingerprint density at radius 2 is 1.92 bits per heavy atom. The van der Waals surface area contributed by atoms with E-state index in [4.69, 9.17) is 0 Å². The zero-order valence-corrected chi connectivity index (χ0v) is 17.5.